The zero-order valence-corrected chi connectivity index (χ0v) is 18.1. The number of likely N-dealkylation sites (tertiary alicyclic amines) is 1. The molecule has 3 rings (SSSR count). The predicted molar refractivity (Wildman–Crippen MR) is 113 cm³/mol. The predicted octanol–water partition coefficient (Wildman–Crippen LogP) is 3.29. The molecule has 0 bridgehead atoms. The van der Waals surface area contributed by atoms with E-state index in [0.29, 0.717) is 24.6 Å². The van der Waals surface area contributed by atoms with Crippen LogP contribution in [0.2, 0.25) is 0 Å². The number of unbranched alkanes of at least 4 members (excludes halogenated alkanes) is 1. The van der Waals surface area contributed by atoms with Gasteiger partial charge in [-0.3, -0.25) is 9.69 Å². The molecule has 6 heteroatoms. The zero-order valence-electron chi connectivity index (χ0n) is 18.1. The van der Waals surface area contributed by atoms with E-state index in [-0.39, 0.29) is 17.9 Å². The first-order chi connectivity index (χ1) is 14.0. The Bertz CT molecular complexity index is 695. The monoisotopic (exact) mass is 404 g/mol. The van der Waals surface area contributed by atoms with Crippen molar-refractivity contribution in [2.45, 2.75) is 63.5 Å². The number of nitrogens with zero attached hydrogens (tertiary/aromatic N) is 1. The van der Waals surface area contributed by atoms with Crippen molar-refractivity contribution in [3.8, 4) is 11.5 Å². The maximum absolute atomic E-state index is 12.6. The first-order valence-corrected chi connectivity index (χ1v) is 11.0. The molecule has 0 radical (unpaired) electrons. The smallest absolute Gasteiger partial charge is 0.234 e. The SMILES string of the molecule is CCCCNC(=O)CN1CC[C@]2(O)CCCC[C@@H]2[C@@H]1c1ccc(OC)c(OC)c1. The summed E-state index contributed by atoms with van der Waals surface area (Å²) < 4.78 is 10.9. The van der Waals surface area contributed by atoms with Crippen LogP contribution >= 0.6 is 0 Å². The van der Waals surface area contributed by atoms with Crippen molar-refractivity contribution in [1.29, 1.82) is 0 Å². The van der Waals surface area contributed by atoms with Crippen LogP contribution in [0.15, 0.2) is 18.2 Å². The Labute approximate surface area is 174 Å². The average Bonchev–Trinajstić information content (AvgIpc) is 2.73. The van der Waals surface area contributed by atoms with Gasteiger partial charge in [0.05, 0.1) is 26.4 Å². The zero-order chi connectivity index (χ0) is 20.9. The van der Waals surface area contributed by atoms with Gasteiger partial charge in [-0.05, 0) is 43.4 Å². The van der Waals surface area contributed by atoms with E-state index >= 15 is 0 Å². The number of rotatable bonds is 8. The van der Waals surface area contributed by atoms with Crippen molar-refractivity contribution in [2.24, 2.45) is 5.92 Å². The highest BCUT2D eigenvalue weighted by molar-refractivity contribution is 5.78. The fraction of sp³-hybridized carbons (Fsp3) is 0.696. The second-order valence-corrected chi connectivity index (χ2v) is 8.44. The van der Waals surface area contributed by atoms with Crippen molar-refractivity contribution < 1.29 is 19.4 Å². The van der Waals surface area contributed by atoms with Crippen LogP contribution in [0.5, 0.6) is 11.5 Å². The molecular weight excluding hydrogens is 368 g/mol. The van der Waals surface area contributed by atoms with Gasteiger partial charge in [0.15, 0.2) is 11.5 Å². The number of benzene rings is 1. The van der Waals surface area contributed by atoms with E-state index in [1.165, 1.54) is 0 Å². The number of piperidine rings is 1. The molecule has 6 nitrogen and oxygen atoms in total. The van der Waals surface area contributed by atoms with E-state index in [2.05, 4.69) is 17.1 Å². The second kappa shape index (κ2) is 9.81. The fourth-order valence-electron chi connectivity index (χ4n) is 5.04. The summed E-state index contributed by atoms with van der Waals surface area (Å²) in [4.78, 5) is 14.8. The average molecular weight is 405 g/mol. The van der Waals surface area contributed by atoms with Gasteiger partial charge >= 0.3 is 0 Å². The van der Waals surface area contributed by atoms with Crippen LogP contribution in [0.3, 0.4) is 0 Å². The van der Waals surface area contributed by atoms with Crippen LogP contribution in [-0.2, 0) is 4.79 Å². The summed E-state index contributed by atoms with van der Waals surface area (Å²) in [5.74, 6) is 1.55. The molecule has 2 aliphatic rings. The number of carbonyl (C=O) groups excluding carboxylic acids is 1. The summed E-state index contributed by atoms with van der Waals surface area (Å²) in [5.41, 5.74) is 0.430. The molecule has 1 aliphatic heterocycles. The largest absolute Gasteiger partial charge is 0.493 e. The number of carbonyl (C=O) groups is 1. The molecule has 1 aliphatic carbocycles. The van der Waals surface area contributed by atoms with Crippen molar-refractivity contribution in [3.63, 3.8) is 0 Å². The topological polar surface area (TPSA) is 71.0 Å². The van der Waals surface area contributed by atoms with Crippen LogP contribution in [0.1, 0.15) is 63.5 Å². The number of hydrogen-bond donors (Lipinski definition) is 2. The minimum absolute atomic E-state index is 0.00854. The molecular formula is C23H36N2O4. The summed E-state index contributed by atoms with van der Waals surface area (Å²) in [5, 5.41) is 14.4. The minimum atomic E-state index is -0.648. The molecule has 2 fully saturated rings. The van der Waals surface area contributed by atoms with Gasteiger partial charge in [0.25, 0.3) is 0 Å². The maximum atomic E-state index is 12.6. The first-order valence-electron chi connectivity index (χ1n) is 11.0. The summed E-state index contributed by atoms with van der Waals surface area (Å²) in [6.45, 7) is 3.91. The summed E-state index contributed by atoms with van der Waals surface area (Å²) in [6.07, 6.45) is 6.79. The van der Waals surface area contributed by atoms with E-state index in [0.717, 1.165) is 57.1 Å². The molecule has 162 valence electrons. The molecule has 0 spiro atoms. The van der Waals surface area contributed by atoms with Crippen molar-refractivity contribution >= 4 is 5.91 Å². The third-order valence-corrected chi connectivity index (χ3v) is 6.62. The Morgan fingerprint density at radius 1 is 1.24 bits per heavy atom. The highest BCUT2D eigenvalue weighted by Gasteiger charge is 2.49. The van der Waals surface area contributed by atoms with E-state index < -0.39 is 5.60 Å². The van der Waals surface area contributed by atoms with Crippen molar-refractivity contribution in [3.05, 3.63) is 23.8 Å². The molecule has 1 heterocycles. The Kier molecular flexibility index (Phi) is 7.41. The van der Waals surface area contributed by atoms with Gasteiger partial charge in [-0.2, -0.15) is 0 Å². The number of methoxy groups -OCH3 is 2. The van der Waals surface area contributed by atoms with Crippen LogP contribution in [0.4, 0.5) is 0 Å². The lowest BCUT2D eigenvalue weighted by molar-refractivity contribution is -0.137. The minimum Gasteiger partial charge on any atom is -0.493 e. The van der Waals surface area contributed by atoms with E-state index in [4.69, 9.17) is 9.47 Å². The Hall–Kier alpha value is -1.79. The molecule has 1 saturated heterocycles. The molecule has 0 aromatic heterocycles. The van der Waals surface area contributed by atoms with Crippen LogP contribution in [0.25, 0.3) is 0 Å². The van der Waals surface area contributed by atoms with Gasteiger partial charge in [0, 0.05) is 25.0 Å². The highest BCUT2D eigenvalue weighted by Crippen LogP contribution is 2.50. The lowest BCUT2D eigenvalue weighted by atomic mass is 9.66. The molecule has 1 aromatic carbocycles. The maximum Gasteiger partial charge on any atom is 0.234 e. The van der Waals surface area contributed by atoms with Crippen LogP contribution < -0.4 is 14.8 Å². The Morgan fingerprint density at radius 3 is 2.76 bits per heavy atom. The number of nitrogens with one attached hydrogen (secondary N) is 1. The van der Waals surface area contributed by atoms with Crippen LogP contribution in [0, 0.1) is 5.92 Å². The normalized spacial score (nSPS) is 27.2. The lowest BCUT2D eigenvalue weighted by Crippen LogP contribution is -2.56. The van der Waals surface area contributed by atoms with Gasteiger partial charge in [-0.25, -0.2) is 0 Å². The third kappa shape index (κ3) is 4.86. The second-order valence-electron chi connectivity index (χ2n) is 8.44. The number of fused-ring (bicyclic) bond motifs is 1. The Morgan fingerprint density at radius 2 is 2.03 bits per heavy atom. The van der Waals surface area contributed by atoms with Gasteiger partial charge < -0.3 is 19.9 Å². The molecule has 1 amide bonds. The van der Waals surface area contributed by atoms with Gasteiger partial charge in [0.2, 0.25) is 5.91 Å². The standard InChI is InChI=1S/C23H36N2O4/c1-4-5-13-24-21(26)16-25-14-12-23(27)11-7-6-8-18(23)22(25)17-9-10-19(28-2)20(15-17)29-3/h9-10,15,18,22,27H,4-8,11-14,16H2,1-3H3,(H,24,26)/t18-,22+,23-/m1/s1. The van der Waals surface area contributed by atoms with Gasteiger partial charge in [-0.1, -0.05) is 32.3 Å². The van der Waals surface area contributed by atoms with Crippen molar-refractivity contribution in [1.82, 2.24) is 10.2 Å². The van der Waals surface area contributed by atoms with E-state index in [1.54, 1.807) is 14.2 Å². The lowest BCUT2D eigenvalue weighted by Gasteiger charge is -2.52. The molecule has 1 aromatic rings. The number of amides is 1. The van der Waals surface area contributed by atoms with Gasteiger partial charge in [0.1, 0.15) is 0 Å². The summed E-state index contributed by atoms with van der Waals surface area (Å²) >= 11 is 0. The Balaban J connectivity index is 1.88. The summed E-state index contributed by atoms with van der Waals surface area (Å²) in [7, 11) is 3.27. The van der Waals surface area contributed by atoms with E-state index in [9.17, 15) is 9.90 Å². The number of aliphatic hydroxyl groups is 1. The number of ether oxygens (including phenoxy) is 2. The molecule has 3 atom stereocenters. The molecule has 0 unspecified atom stereocenters. The van der Waals surface area contributed by atoms with Crippen molar-refractivity contribution in [2.75, 3.05) is 33.9 Å². The third-order valence-electron chi connectivity index (χ3n) is 6.62. The fourth-order valence-corrected chi connectivity index (χ4v) is 5.04. The first kappa shape index (κ1) is 21.9. The number of hydrogen-bond acceptors (Lipinski definition) is 5. The summed E-state index contributed by atoms with van der Waals surface area (Å²) in [6, 6.07) is 5.97. The molecule has 2 N–H and O–H groups in total. The van der Waals surface area contributed by atoms with Crippen LogP contribution in [-0.4, -0.2) is 55.4 Å². The quantitative estimate of drug-likeness (QED) is 0.651. The molecule has 1 saturated carbocycles. The highest BCUT2D eigenvalue weighted by atomic mass is 16.5. The van der Waals surface area contributed by atoms with Gasteiger partial charge in [-0.15, -0.1) is 0 Å². The van der Waals surface area contributed by atoms with E-state index in [1.807, 2.05) is 18.2 Å². The molecule has 29 heavy (non-hydrogen) atoms.